The molecule has 0 rings (SSSR count). The topological polar surface area (TPSA) is 162 Å². The van der Waals surface area contributed by atoms with E-state index in [4.69, 9.17) is 21.7 Å². The summed E-state index contributed by atoms with van der Waals surface area (Å²) in [5.74, 6) is -1.68. The zero-order valence-corrected chi connectivity index (χ0v) is 9.59. The molecule has 0 saturated heterocycles. The molecule has 0 aromatic heterocycles. The van der Waals surface area contributed by atoms with Crippen LogP contribution < -0.4 is 17.6 Å². The molecular formula is C6H15N3O4S2. The standard InChI is InChI=1S/C6H12N2O4S2.H3N/c7-3(5(9)10)1-13-14-2-4(8)6(11)12;/h3-4H,1-2,7-8H2,(H,9,10)(H,11,12);1H3/t3-,4?;/m0./s1. The zero-order valence-electron chi connectivity index (χ0n) is 7.96. The van der Waals surface area contributed by atoms with Crippen molar-refractivity contribution in [3.63, 3.8) is 0 Å². The number of carboxylic acids is 2. The first-order valence-corrected chi connectivity index (χ1v) is 6.15. The molecule has 0 aliphatic rings. The quantitative estimate of drug-likeness (QED) is 0.294. The van der Waals surface area contributed by atoms with E-state index in [9.17, 15) is 9.59 Å². The van der Waals surface area contributed by atoms with Crippen molar-refractivity contribution in [3.05, 3.63) is 0 Å². The van der Waals surface area contributed by atoms with Gasteiger partial charge in [-0.2, -0.15) is 0 Å². The van der Waals surface area contributed by atoms with E-state index in [2.05, 4.69) is 0 Å². The largest absolute Gasteiger partial charge is 0.480 e. The van der Waals surface area contributed by atoms with E-state index in [1.54, 1.807) is 0 Å². The molecule has 0 spiro atoms. The van der Waals surface area contributed by atoms with Crippen LogP contribution in [0.5, 0.6) is 0 Å². The Morgan fingerprint density at radius 2 is 1.27 bits per heavy atom. The van der Waals surface area contributed by atoms with Crippen molar-refractivity contribution >= 4 is 33.5 Å². The summed E-state index contributed by atoms with van der Waals surface area (Å²) < 4.78 is 0. The Hall–Kier alpha value is -0.480. The number of nitrogens with two attached hydrogens (primary N) is 2. The van der Waals surface area contributed by atoms with Crippen LogP contribution >= 0.6 is 21.6 Å². The van der Waals surface area contributed by atoms with Gasteiger partial charge in [0.2, 0.25) is 0 Å². The monoisotopic (exact) mass is 257 g/mol. The van der Waals surface area contributed by atoms with Gasteiger partial charge in [-0.1, -0.05) is 21.6 Å². The third-order valence-electron chi connectivity index (χ3n) is 1.21. The van der Waals surface area contributed by atoms with Crippen molar-refractivity contribution in [3.8, 4) is 0 Å². The first kappa shape index (κ1) is 16.9. The third-order valence-corrected chi connectivity index (χ3v) is 3.69. The van der Waals surface area contributed by atoms with E-state index in [-0.39, 0.29) is 17.7 Å². The molecule has 0 aromatic carbocycles. The van der Waals surface area contributed by atoms with Gasteiger partial charge < -0.3 is 27.8 Å². The highest BCUT2D eigenvalue weighted by Gasteiger charge is 2.14. The second kappa shape index (κ2) is 8.80. The number of hydrogen-bond donors (Lipinski definition) is 5. The van der Waals surface area contributed by atoms with Crippen molar-refractivity contribution in [2.45, 2.75) is 12.1 Å². The van der Waals surface area contributed by atoms with Crippen molar-refractivity contribution in [2.24, 2.45) is 11.5 Å². The van der Waals surface area contributed by atoms with Gasteiger partial charge in [0.05, 0.1) is 0 Å². The Labute approximate surface area is 94.9 Å². The number of aliphatic carboxylic acids is 2. The van der Waals surface area contributed by atoms with Gasteiger partial charge >= 0.3 is 11.9 Å². The maximum atomic E-state index is 10.3. The van der Waals surface area contributed by atoms with Crippen molar-refractivity contribution < 1.29 is 19.8 Å². The van der Waals surface area contributed by atoms with E-state index in [0.29, 0.717) is 0 Å². The fourth-order valence-corrected chi connectivity index (χ4v) is 2.61. The predicted molar refractivity (Wildman–Crippen MR) is 61.2 cm³/mol. The molecule has 0 aliphatic heterocycles. The Morgan fingerprint density at radius 3 is 1.47 bits per heavy atom. The van der Waals surface area contributed by atoms with Gasteiger partial charge in [-0.15, -0.1) is 0 Å². The average Bonchev–Trinajstić information content (AvgIpc) is 2.11. The molecular weight excluding hydrogens is 242 g/mol. The van der Waals surface area contributed by atoms with Crippen molar-refractivity contribution in [2.75, 3.05) is 11.5 Å². The van der Waals surface area contributed by atoms with Gasteiger partial charge in [0, 0.05) is 11.5 Å². The summed E-state index contributed by atoms with van der Waals surface area (Å²) in [7, 11) is 2.41. The zero-order chi connectivity index (χ0) is 11.1. The summed E-state index contributed by atoms with van der Waals surface area (Å²) in [5, 5.41) is 16.8. The van der Waals surface area contributed by atoms with Crippen LogP contribution in [0.2, 0.25) is 0 Å². The summed E-state index contributed by atoms with van der Waals surface area (Å²) in [6.07, 6.45) is 0. The van der Waals surface area contributed by atoms with Gasteiger partial charge in [-0.3, -0.25) is 9.59 Å². The molecule has 0 amide bonds. The summed E-state index contributed by atoms with van der Waals surface area (Å²) in [5.41, 5.74) is 10.4. The Bertz CT molecular complexity index is 195. The smallest absolute Gasteiger partial charge is 0.321 e. The van der Waals surface area contributed by atoms with Gasteiger partial charge in [0.1, 0.15) is 12.1 Å². The molecule has 90 valence electrons. The van der Waals surface area contributed by atoms with Crippen LogP contribution in [0.4, 0.5) is 0 Å². The molecule has 15 heavy (non-hydrogen) atoms. The summed E-state index contributed by atoms with van der Waals surface area (Å²) in [4.78, 5) is 20.5. The molecule has 0 aromatic rings. The average molecular weight is 257 g/mol. The van der Waals surface area contributed by atoms with Crippen LogP contribution in [-0.2, 0) is 9.59 Å². The molecule has 0 saturated carbocycles. The molecule has 7 nitrogen and oxygen atoms in total. The number of hydrogen-bond acceptors (Lipinski definition) is 7. The van der Waals surface area contributed by atoms with Crippen LogP contribution in [0.1, 0.15) is 0 Å². The van der Waals surface area contributed by atoms with Gasteiger partial charge in [-0.25, -0.2) is 0 Å². The van der Waals surface area contributed by atoms with Gasteiger partial charge in [-0.05, 0) is 0 Å². The molecule has 9 heteroatoms. The number of rotatable bonds is 7. The third kappa shape index (κ3) is 8.51. The molecule has 0 bridgehead atoms. The van der Waals surface area contributed by atoms with Crippen LogP contribution in [0.15, 0.2) is 0 Å². The minimum atomic E-state index is -1.07. The Balaban J connectivity index is 0. The van der Waals surface area contributed by atoms with E-state index < -0.39 is 24.0 Å². The first-order chi connectivity index (χ1) is 6.45. The fourth-order valence-electron chi connectivity index (χ4n) is 0.385. The van der Waals surface area contributed by atoms with Gasteiger partial charge in [0.15, 0.2) is 0 Å². The van der Waals surface area contributed by atoms with E-state index >= 15 is 0 Å². The van der Waals surface area contributed by atoms with Gasteiger partial charge in [0.25, 0.3) is 0 Å². The lowest BCUT2D eigenvalue weighted by Crippen LogP contribution is -2.33. The van der Waals surface area contributed by atoms with E-state index in [1.807, 2.05) is 0 Å². The molecule has 9 N–H and O–H groups in total. The lowest BCUT2D eigenvalue weighted by atomic mass is 10.4. The molecule has 0 heterocycles. The minimum Gasteiger partial charge on any atom is -0.480 e. The maximum Gasteiger partial charge on any atom is 0.321 e. The summed E-state index contributed by atoms with van der Waals surface area (Å²) in [6.45, 7) is 0. The summed E-state index contributed by atoms with van der Waals surface area (Å²) >= 11 is 0. The highest BCUT2D eigenvalue weighted by Crippen LogP contribution is 2.22. The summed E-state index contributed by atoms with van der Waals surface area (Å²) in [6, 6.07) is -1.85. The number of carboxylic acid groups (broad SMARTS) is 2. The molecule has 0 fully saturated rings. The predicted octanol–water partition coefficient (Wildman–Crippen LogP) is -0.646. The Morgan fingerprint density at radius 1 is 1.00 bits per heavy atom. The van der Waals surface area contributed by atoms with E-state index in [0.717, 1.165) is 0 Å². The van der Waals surface area contributed by atoms with Crippen molar-refractivity contribution in [1.82, 2.24) is 6.15 Å². The minimum absolute atomic E-state index is 0. The molecule has 0 radical (unpaired) electrons. The van der Waals surface area contributed by atoms with Crippen LogP contribution in [0.3, 0.4) is 0 Å². The fraction of sp³-hybridized carbons (Fsp3) is 0.667. The first-order valence-electron chi connectivity index (χ1n) is 3.66. The lowest BCUT2D eigenvalue weighted by molar-refractivity contribution is -0.138. The number of carbonyl (C=O) groups is 2. The maximum absolute atomic E-state index is 10.3. The second-order valence-corrected chi connectivity index (χ2v) is 5.01. The highest BCUT2D eigenvalue weighted by molar-refractivity contribution is 8.76. The highest BCUT2D eigenvalue weighted by atomic mass is 33.1. The van der Waals surface area contributed by atoms with Crippen LogP contribution in [-0.4, -0.2) is 45.7 Å². The van der Waals surface area contributed by atoms with Crippen LogP contribution in [0.25, 0.3) is 0 Å². The van der Waals surface area contributed by atoms with E-state index in [1.165, 1.54) is 21.6 Å². The molecule has 0 aliphatic carbocycles. The van der Waals surface area contributed by atoms with Crippen LogP contribution in [0, 0.1) is 0 Å². The molecule has 1 unspecified atom stereocenters. The Kier molecular flexibility index (Phi) is 9.93. The molecule has 2 atom stereocenters. The normalized spacial score (nSPS) is 13.7. The SMILES string of the molecule is N.NC(CSSC[C@H](N)C(=O)O)C(=O)O. The van der Waals surface area contributed by atoms with Crippen molar-refractivity contribution in [1.29, 1.82) is 0 Å². The second-order valence-electron chi connectivity index (χ2n) is 2.46. The lowest BCUT2D eigenvalue weighted by Gasteiger charge is -2.07.